The highest BCUT2D eigenvalue weighted by atomic mass is 79.9. The summed E-state index contributed by atoms with van der Waals surface area (Å²) < 4.78 is 14.2. The van der Waals surface area contributed by atoms with E-state index in [0.717, 1.165) is 6.42 Å². The molecule has 0 aromatic heterocycles. The molecule has 0 N–H and O–H groups in total. The van der Waals surface area contributed by atoms with E-state index < -0.39 is 5.82 Å². The van der Waals surface area contributed by atoms with E-state index in [2.05, 4.69) is 15.9 Å². The van der Waals surface area contributed by atoms with Crippen LogP contribution in [0.2, 0.25) is 0 Å². The lowest BCUT2D eigenvalue weighted by Gasteiger charge is -2.24. The highest BCUT2D eigenvalue weighted by molar-refractivity contribution is 9.10. The van der Waals surface area contributed by atoms with Crippen LogP contribution in [-0.4, -0.2) is 23.9 Å². The molecule has 0 aliphatic rings. The summed E-state index contributed by atoms with van der Waals surface area (Å²) in [5, 5.41) is 0. The van der Waals surface area contributed by atoms with Crippen LogP contribution in [0.25, 0.3) is 0 Å². The molecule has 4 heteroatoms. The molecule has 0 heterocycles. The third-order valence-corrected chi connectivity index (χ3v) is 3.23. The van der Waals surface area contributed by atoms with Crippen LogP contribution in [0.1, 0.15) is 30.6 Å². The molecule has 1 amide bonds. The Bertz CT molecular complexity index is 395. The van der Waals surface area contributed by atoms with Crippen molar-refractivity contribution in [3.05, 3.63) is 34.1 Å². The van der Waals surface area contributed by atoms with Crippen molar-refractivity contribution in [3.8, 4) is 0 Å². The number of hydrogen-bond donors (Lipinski definition) is 0. The molecule has 0 spiro atoms. The van der Waals surface area contributed by atoms with Gasteiger partial charge in [-0.1, -0.05) is 22.9 Å². The molecule has 0 bridgehead atoms. The zero-order valence-corrected chi connectivity index (χ0v) is 11.2. The maximum Gasteiger partial charge on any atom is 0.256 e. The van der Waals surface area contributed by atoms with E-state index in [1.807, 2.05) is 13.8 Å². The van der Waals surface area contributed by atoms with Crippen molar-refractivity contribution in [2.75, 3.05) is 7.05 Å². The number of hydrogen-bond acceptors (Lipinski definition) is 1. The Morgan fingerprint density at radius 2 is 2.19 bits per heavy atom. The second-order valence-electron chi connectivity index (χ2n) is 3.80. The Morgan fingerprint density at radius 1 is 1.56 bits per heavy atom. The summed E-state index contributed by atoms with van der Waals surface area (Å²) >= 11 is 3.16. The summed E-state index contributed by atoms with van der Waals surface area (Å²) in [6.07, 6.45) is 0.848. The molecule has 1 aromatic rings. The molecule has 88 valence electrons. The van der Waals surface area contributed by atoms with E-state index in [9.17, 15) is 9.18 Å². The van der Waals surface area contributed by atoms with Crippen LogP contribution in [0.5, 0.6) is 0 Å². The minimum Gasteiger partial charge on any atom is -0.339 e. The van der Waals surface area contributed by atoms with Gasteiger partial charge in [0.2, 0.25) is 0 Å². The van der Waals surface area contributed by atoms with Gasteiger partial charge in [0.15, 0.2) is 0 Å². The molecule has 0 saturated heterocycles. The molecule has 16 heavy (non-hydrogen) atoms. The summed E-state index contributed by atoms with van der Waals surface area (Å²) in [6.45, 7) is 3.93. The number of rotatable bonds is 3. The van der Waals surface area contributed by atoms with Gasteiger partial charge in [-0.2, -0.15) is 0 Å². The van der Waals surface area contributed by atoms with Crippen molar-refractivity contribution in [3.63, 3.8) is 0 Å². The van der Waals surface area contributed by atoms with Crippen LogP contribution in [0, 0.1) is 5.82 Å². The van der Waals surface area contributed by atoms with Gasteiger partial charge < -0.3 is 4.90 Å². The Balaban J connectivity index is 2.96. The van der Waals surface area contributed by atoms with Gasteiger partial charge in [0, 0.05) is 17.6 Å². The third-order valence-electron chi connectivity index (χ3n) is 2.73. The molecule has 0 aliphatic carbocycles. The molecule has 0 fully saturated rings. The van der Waals surface area contributed by atoms with E-state index in [1.165, 1.54) is 12.1 Å². The highest BCUT2D eigenvalue weighted by Gasteiger charge is 2.19. The molecule has 0 saturated carbocycles. The number of amides is 1. The fourth-order valence-corrected chi connectivity index (χ4v) is 1.66. The normalized spacial score (nSPS) is 12.3. The topological polar surface area (TPSA) is 20.3 Å². The number of benzene rings is 1. The number of carbonyl (C=O) groups excluding carboxylic acids is 1. The van der Waals surface area contributed by atoms with Crippen LogP contribution >= 0.6 is 15.9 Å². The van der Waals surface area contributed by atoms with Crippen LogP contribution in [-0.2, 0) is 0 Å². The van der Waals surface area contributed by atoms with E-state index in [4.69, 9.17) is 0 Å². The van der Waals surface area contributed by atoms with Crippen molar-refractivity contribution in [1.29, 1.82) is 0 Å². The summed E-state index contributed by atoms with van der Waals surface area (Å²) in [5.74, 6) is -0.770. The van der Waals surface area contributed by atoms with Gasteiger partial charge in [-0.05, 0) is 31.5 Å². The van der Waals surface area contributed by atoms with Crippen molar-refractivity contribution in [2.24, 2.45) is 0 Å². The van der Waals surface area contributed by atoms with Crippen LogP contribution in [0.4, 0.5) is 4.39 Å². The predicted molar refractivity (Wildman–Crippen MR) is 65.9 cm³/mol. The van der Waals surface area contributed by atoms with Gasteiger partial charge in [-0.25, -0.2) is 4.39 Å². The second-order valence-corrected chi connectivity index (χ2v) is 4.71. The minimum atomic E-state index is -0.491. The first-order valence-corrected chi connectivity index (χ1v) is 5.98. The summed E-state index contributed by atoms with van der Waals surface area (Å²) in [5.41, 5.74) is 0.117. The van der Waals surface area contributed by atoms with Gasteiger partial charge in [0.05, 0.1) is 5.56 Å². The monoisotopic (exact) mass is 287 g/mol. The van der Waals surface area contributed by atoms with Crippen molar-refractivity contribution >= 4 is 21.8 Å². The smallest absolute Gasteiger partial charge is 0.256 e. The summed E-state index contributed by atoms with van der Waals surface area (Å²) in [7, 11) is 1.69. The average molecular weight is 288 g/mol. The first-order valence-electron chi connectivity index (χ1n) is 5.19. The van der Waals surface area contributed by atoms with Gasteiger partial charge in [0.25, 0.3) is 5.91 Å². The first kappa shape index (κ1) is 13.2. The number of nitrogens with zero attached hydrogens (tertiary/aromatic N) is 1. The predicted octanol–water partition coefficient (Wildman–Crippen LogP) is 3.46. The molecule has 1 aromatic carbocycles. The molecular weight excluding hydrogens is 273 g/mol. The van der Waals surface area contributed by atoms with E-state index in [-0.39, 0.29) is 17.5 Å². The Morgan fingerprint density at radius 3 is 2.69 bits per heavy atom. The lowest BCUT2D eigenvalue weighted by atomic mass is 10.1. The largest absolute Gasteiger partial charge is 0.339 e. The molecule has 1 rings (SSSR count). The Labute approximate surface area is 104 Å². The van der Waals surface area contributed by atoms with Crippen LogP contribution < -0.4 is 0 Å². The Hall–Kier alpha value is -0.900. The van der Waals surface area contributed by atoms with Gasteiger partial charge in [-0.3, -0.25) is 4.79 Å². The van der Waals surface area contributed by atoms with E-state index >= 15 is 0 Å². The molecular formula is C12H15BrFNO. The lowest BCUT2D eigenvalue weighted by Crippen LogP contribution is -2.35. The van der Waals surface area contributed by atoms with Gasteiger partial charge in [0.1, 0.15) is 5.82 Å². The standard InChI is InChI=1S/C12H15BrFNO/c1-4-8(2)15(3)12(16)10-6-5-9(13)7-11(10)14/h5-8H,4H2,1-3H3. The fraction of sp³-hybridized carbons (Fsp3) is 0.417. The van der Waals surface area contributed by atoms with E-state index in [0.29, 0.717) is 4.47 Å². The zero-order chi connectivity index (χ0) is 12.3. The minimum absolute atomic E-state index is 0.107. The summed E-state index contributed by atoms with van der Waals surface area (Å²) in [4.78, 5) is 13.5. The SMILES string of the molecule is CCC(C)N(C)C(=O)c1ccc(Br)cc1F. The lowest BCUT2D eigenvalue weighted by molar-refractivity contribution is 0.0736. The molecule has 0 radical (unpaired) electrons. The van der Waals surface area contributed by atoms with Gasteiger partial charge in [-0.15, -0.1) is 0 Å². The maximum atomic E-state index is 13.6. The fourth-order valence-electron chi connectivity index (χ4n) is 1.33. The molecule has 1 atom stereocenters. The number of carbonyl (C=O) groups is 1. The quantitative estimate of drug-likeness (QED) is 0.834. The average Bonchev–Trinajstić information content (AvgIpc) is 2.26. The molecule has 0 aliphatic heterocycles. The Kier molecular flexibility index (Phi) is 4.47. The first-order chi connectivity index (χ1) is 7.47. The van der Waals surface area contributed by atoms with Crippen LogP contribution in [0.15, 0.2) is 22.7 Å². The van der Waals surface area contributed by atoms with E-state index in [1.54, 1.807) is 18.0 Å². The van der Waals surface area contributed by atoms with Crippen molar-refractivity contribution < 1.29 is 9.18 Å². The summed E-state index contributed by atoms with van der Waals surface area (Å²) in [6, 6.07) is 4.58. The van der Waals surface area contributed by atoms with Crippen molar-refractivity contribution in [2.45, 2.75) is 26.3 Å². The van der Waals surface area contributed by atoms with Crippen molar-refractivity contribution in [1.82, 2.24) is 4.90 Å². The molecule has 1 unspecified atom stereocenters. The second kappa shape index (κ2) is 5.43. The highest BCUT2D eigenvalue weighted by Crippen LogP contribution is 2.17. The number of halogens is 2. The zero-order valence-electron chi connectivity index (χ0n) is 9.63. The molecule has 2 nitrogen and oxygen atoms in total. The van der Waals surface area contributed by atoms with Crippen LogP contribution in [0.3, 0.4) is 0 Å². The maximum absolute atomic E-state index is 13.6. The van der Waals surface area contributed by atoms with Gasteiger partial charge >= 0.3 is 0 Å². The third kappa shape index (κ3) is 2.82.